The molecule has 0 aromatic heterocycles. The van der Waals surface area contributed by atoms with Gasteiger partial charge < -0.3 is 10.2 Å². The Morgan fingerprint density at radius 2 is 1.36 bits per heavy atom. The van der Waals surface area contributed by atoms with E-state index in [-0.39, 0.29) is 0 Å². The van der Waals surface area contributed by atoms with Crippen LogP contribution >= 0.6 is 0 Å². The lowest BCUT2D eigenvalue weighted by Gasteiger charge is -2.13. The van der Waals surface area contributed by atoms with Crippen LogP contribution in [-0.4, -0.2) is 23.4 Å². The van der Waals surface area contributed by atoms with E-state index in [0.29, 0.717) is 13.2 Å². The molecule has 0 saturated carbocycles. The summed E-state index contributed by atoms with van der Waals surface area (Å²) in [5.41, 5.74) is 0. The Hall–Kier alpha value is -0.0800. The molecule has 0 aliphatic rings. The normalized spacial score (nSPS) is 13.1. The first-order valence-corrected chi connectivity index (χ1v) is 6.06. The van der Waals surface area contributed by atoms with Gasteiger partial charge in [0.1, 0.15) is 0 Å². The topological polar surface area (TPSA) is 40.5 Å². The lowest BCUT2D eigenvalue weighted by atomic mass is 9.94. The van der Waals surface area contributed by atoms with Crippen LogP contribution in [0.1, 0.15) is 58.3 Å². The summed E-state index contributed by atoms with van der Waals surface area (Å²) in [6.45, 7) is 2.90. The summed E-state index contributed by atoms with van der Waals surface area (Å²) in [6.07, 6.45) is 9.30. The van der Waals surface area contributed by atoms with Crippen LogP contribution in [0.5, 0.6) is 0 Å². The van der Waals surface area contributed by atoms with Crippen molar-refractivity contribution >= 4 is 0 Å². The highest BCUT2D eigenvalue weighted by Crippen LogP contribution is 2.18. The van der Waals surface area contributed by atoms with Crippen molar-refractivity contribution in [3.63, 3.8) is 0 Å². The number of aliphatic hydroxyl groups excluding tert-OH is 2. The molecular weight excluding hydrogens is 176 g/mol. The average Bonchev–Trinajstić information content (AvgIpc) is 2.22. The molecule has 0 amide bonds. The van der Waals surface area contributed by atoms with Gasteiger partial charge in [-0.3, -0.25) is 0 Å². The highest BCUT2D eigenvalue weighted by atomic mass is 16.3. The van der Waals surface area contributed by atoms with Crippen LogP contribution in [0.3, 0.4) is 0 Å². The van der Waals surface area contributed by atoms with E-state index < -0.39 is 0 Å². The van der Waals surface area contributed by atoms with Crippen LogP contribution < -0.4 is 0 Å². The molecule has 1 atom stereocenters. The molecule has 86 valence electrons. The predicted molar refractivity (Wildman–Crippen MR) is 60.3 cm³/mol. The van der Waals surface area contributed by atoms with E-state index >= 15 is 0 Å². The first-order valence-electron chi connectivity index (χ1n) is 6.06. The minimum Gasteiger partial charge on any atom is -0.396 e. The van der Waals surface area contributed by atoms with Crippen molar-refractivity contribution in [2.75, 3.05) is 13.2 Å². The number of unbranched alkanes of at least 4 members (excludes halogenated alkanes) is 3. The van der Waals surface area contributed by atoms with Crippen molar-refractivity contribution in [1.82, 2.24) is 0 Å². The average molecular weight is 202 g/mol. The van der Waals surface area contributed by atoms with Gasteiger partial charge in [0, 0.05) is 13.2 Å². The number of aliphatic hydroxyl groups is 2. The third-order valence-corrected chi connectivity index (χ3v) is 2.87. The van der Waals surface area contributed by atoms with Gasteiger partial charge >= 0.3 is 0 Å². The molecule has 2 nitrogen and oxygen atoms in total. The molecule has 0 aliphatic carbocycles. The Balaban J connectivity index is 3.24. The molecule has 0 aromatic rings. The number of hydrogen-bond acceptors (Lipinski definition) is 2. The maximum Gasteiger partial charge on any atom is 0.0431 e. The SMILES string of the molecule is CCC(CCCO)CCCCCCO. The number of rotatable bonds is 10. The third-order valence-electron chi connectivity index (χ3n) is 2.87. The minimum atomic E-state index is 0.334. The monoisotopic (exact) mass is 202 g/mol. The highest BCUT2D eigenvalue weighted by molar-refractivity contribution is 4.58. The van der Waals surface area contributed by atoms with Crippen molar-refractivity contribution in [2.45, 2.75) is 58.3 Å². The zero-order chi connectivity index (χ0) is 10.6. The Kier molecular flexibility index (Phi) is 10.9. The van der Waals surface area contributed by atoms with Crippen molar-refractivity contribution in [2.24, 2.45) is 5.92 Å². The molecule has 0 aliphatic heterocycles. The molecule has 14 heavy (non-hydrogen) atoms. The summed E-state index contributed by atoms with van der Waals surface area (Å²) in [4.78, 5) is 0. The van der Waals surface area contributed by atoms with Crippen LogP contribution in [0.15, 0.2) is 0 Å². The fourth-order valence-electron chi connectivity index (χ4n) is 1.83. The first-order chi connectivity index (χ1) is 6.85. The van der Waals surface area contributed by atoms with Gasteiger partial charge in [-0.05, 0) is 25.2 Å². The van der Waals surface area contributed by atoms with E-state index in [9.17, 15) is 0 Å². The van der Waals surface area contributed by atoms with E-state index in [1.54, 1.807) is 0 Å². The van der Waals surface area contributed by atoms with Crippen LogP contribution in [0.25, 0.3) is 0 Å². The molecule has 2 heteroatoms. The molecule has 0 heterocycles. The molecule has 0 fully saturated rings. The zero-order valence-electron chi connectivity index (χ0n) is 9.54. The second kappa shape index (κ2) is 11.0. The van der Waals surface area contributed by atoms with Gasteiger partial charge in [0.25, 0.3) is 0 Å². The van der Waals surface area contributed by atoms with Crippen LogP contribution in [-0.2, 0) is 0 Å². The fourth-order valence-corrected chi connectivity index (χ4v) is 1.83. The summed E-state index contributed by atoms with van der Waals surface area (Å²) in [5.74, 6) is 0.802. The second-order valence-corrected chi connectivity index (χ2v) is 4.07. The predicted octanol–water partition coefficient (Wildman–Crippen LogP) is 2.73. The molecule has 0 spiro atoms. The van der Waals surface area contributed by atoms with Crippen LogP contribution in [0.4, 0.5) is 0 Å². The maximum atomic E-state index is 8.72. The standard InChI is InChI=1S/C12H26O2/c1-2-12(9-7-11-14)8-5-3-4-6-10-13/h12-14H,2-11H2,1H3. The maximum absolute atomic E-state index is 8.72. The Bertz CT molecular complexity index is 104. The van der Waals surface area contributed by atoms with Gasteiger partial charge in [-0.1, -0.05) is 39.0 Å². The molecular formula is C12H26O2. The van der Waals surface area contributed by atoms with E-state index in [1.807, 2.05) is 0 Å². The summed E-state index contributed by atoms with van der Waals surface area (Å²) in [6, 6.07) is 0. The summed E-state index contributed by atoms with van der Waals surface area (Å²) < 4.78 is 0. The molecule has 0 rings (SSSR count). The highest BCUT2D eigenvalue weighted by Gasteiger charge is 2.04. The molecule has 1 unspecified atom stereocenters. The smallest absolute Gasteiger partial charge is 0.0431 e. The molecule has 2 N–H and O–H groups in total. The molecule has 0 saturated heterocycles. The quantitative estimate of drug-likeness (QED) is 0.535. The van der Waals surface area contributed by atoms with Gasteiger partial charge in [-0.15, -0.1) is 0 Å². The summed E-state index contributed by atoms with van der Waals surface area (Å²) in [7, 11) is 0. The van der Waals surface area contributed by atoms with Crippen molar-refractivity contribution in [3.05, 3.63) is 0 Å². The Labute approximate surface area is 88.3 Å². The summed E-state index contributed by atoms with van der Waals surface area (Å²) >= 11 is 0. The van der Waals surface area contributed by atoms with E-state index in [0.717, 1.165) is 25.2 Å². The Morgan fingerprint density at radius 1 is 0.786 bits per heavy atom. The minimum absolute atomic E-state index is 0.334. The van der Waals surface area contributed by atoms with E-state index in [1.165, 1.54) is 32.1 Å². The van der Waals surface area contributed by atoms with Gasteiger partial charge in [0.2, 0.25) is 0 Å². The lowest BCUT2D eigenvalue weighted by molar-refractivity contribution is 0.263. The lowest BCUT2D eigenvalue weighted by Crippen LogP contribution is -2.00. The largest absolute Gasteiger partial charge is 0.396 e. The first kappa shape index (κ1) is 13.9. The number of hydrogen-bond donors (Lipinski definition) is 2. The van der Waals surface area contributed by atoms with Gasteiger partial charge in [-0.2, -0.15) is 0 Å². The van der Waals surface area contributed by atoms with Gasteiger partial charge in [0.05, 0.1) is 0 Å². The summed E-state index contributed by atoms with van der Waals surface area (Å²) in [5, 5.41) is 17.3. The van der Waals surface area contributed by atoms with Crippen molar-refractivity contribution in [1.29, 1.82) is 0 Å². The molecule has 0 aromatic carbocycles. The van der Waals surface area contributed by atoms with E-state index in [4.69, 9.17) is 10.2 Å². The zero-order valence-corrected chi connectivity index (χ0v) is 9.54. The van der Waals surface area contributed by atoms with Crippen LogP contribution in [0.2, 0.25) is 0 Å². The van der Waals surface area contributed by atoms with Crippen molar-refractivity contribution in [3.8, 4) is 0 Å². The fraction of sp³-hybridized carbons (Fsp3) is 1.00. The van der Waals surface area contributed by atoms with Crippen LogP contribution in [0, 0.1) is 5.92 Å². The third kappa shape index (κ3) is 8.52. The van der Waals surface area contributed by atoms with Gasteiger partial charge in [0.15, 0.2) is 0 Å². The molecule has 0 bridgehead atoms. The second-order valence-electron chi connectivity index (χ2n) is 4.07. The van der Waals surface area contributed by atoms with Crippen molar-refractivity contribution < 1.29 is 10.2 Å². The van der Waals surface area contributed by atoms with Gasteiger partial charge in [-0.25, -0.2) is 0 Å². The Morgan fingerprint density at radius 3 is 1.93 bits per heavy atom. The molecule has 0 radical (unpaired) electrons. The van der Waals surface area contributed by atoms with E-state index in [2.05, 4.69) is 6.92 Å².